The van der Waals surface area contributed by atoms with Gasteiger partial charge in [0.2, 0.25) is 5.89 Å². The van der Waals surface area contributed by atoms with Crippen LogP contribution in [0, 0.1) is 0 Å². The Morgan fingerprint density at radius 1 is 1.15 bits per heavy atom. The maximum Gasteiger partial charge on any atom is 0.312 e. The van der Waals surface area contributed by atoms with Crippen LogP contribution in [-0.4, -0.2) is 22.5 Å². The molecule has 0 bridgehead atoms. The molecule has 4 aromatic rings. The van der Waals surface area contributed by atoms with Crippen molar-refractivity contribution in [2.24, 2.45) is 0 Å². The van der Waals surface area contributed by atoms with Crippen LogP contribution in [0.15, 0.2) is 57.6 Å². The third-order valence-electron chi connectivity index (χ3n) is 3.92. The Hall–Kier alpha value is -2.99. The number of oxazole rings is 1. The fraction of sp³-hybridized carbons (Fsp3) is 0.150. The number of hydrogen-bond acceptors (Lipinski definition) is 6. The minimum atomic E-state index is -0.324. The second-order valence-electron chi connectivity index (χ2n) is 5.68. The second kappa shape index (κ2) is 7.09. The molecule has 4 rings (SSSR count). The Morgan fingerprint density at radius 2 is 2.04 bits per heavy atom. The number of pyridine rings is 1. The van der Waals surface area contributed by atoms with E-state index in [1.165, 1.54) is 0 Å². The third kappa shape index (κ3) is 3.23. The number of carbonyl (C=O) groups is 1. The Balaban J connectivity index is 1.77. The van der Waals surface area contributed by atoms with Gasteiger partial charge in [-0.1, -0.05) is 24.3 Å². The summed E-state index contributed by atoms with van der Waals surface area (Å²) < 4.78 is 11.1. The third-order valence-corrected chi connectivity index (χ3v) is 4.60. The summed E-state index contributed by atoms with van der Waals surface area (Å²) >= 11 is 1.56. The number of carbonyl (C=O) groups excluding carboxylic acids is 1. The number of fused-ring (bicyclic) bond motifs is 1. The fourth-order valence-corrected chi connectivity index (χ4v) is 3.37. The molecule has 3 aromatic heterocycles. The molecule has 0 aliphatic heterocycles. The van der Waals surface area contributed by atoms with Crippen molar-refractivity contribution in [3.05, 3.63) is 58.9 Å². The molecular formula is C20H16N2O3S. The molecule has 0 atom stereocenters. The van der Waals surface area contributed by atoms with Crippen molar-refractivity contribution in [3.8, 4) is 22.9 Å². The molecular weight excluding hydrogens is 348 g/mol. The number of nitrogens with zero attached hydrogens (tertiary/aromatic N) is 2. The van der Waals surface area contributed by atoms with Gasteiger partial charge in [-0.3, -0.25) is 4.79 Å². The van der Waals surface area contributed by atoms with E-state index >= 15 is 0 Å². The molecule has 0 spiro atoms. The molecule has 0 saturated heterocycles. The first-order valence-corrected chi connectivity index (χ1v) is 9.23. The minimum Gasteiger partial charge on any atom is -0.466 e. The van der Waals surface area contributed by atoms with E-state index in [0.29, 0.717) is 29.6 Å². The van der Waals surface area contributed by atoms with Gasteiger partial charge in [-0.25, -0.2) is 9.97 Å². The van der Waals surface area contributed by atoms with Crippen molar-refractivity contribution in [1.82, 2.24) is 9.97 Å². The largest absolute Gasteiger partial charge is 0.466 e. The SMILES string of the molecule is CCOC(=O)Cc1nc(-c2ccc3ccccc3n2)oc1-c1ccsc1. The van der Waals surface area contributed by atoms with Gasteiger partial charge in [0.25, 0.3) is 0 Å². The summed E-state index contributed by atoms with van der Waals surface area (Å²) in [5.41, 5.74) is 2.96. The summed E-state index contributed by atoms with van der Waals surface area (Å²) in [5.74, 6) is 0.663. The molecule has 0 saturated carbocycles. The summed E-state index contributed by atoms with van der Waals surface area (Å²) in [6.07, 6.45) is 0.0656. The van der Waals surface area contributed by atoms with Crippen LogP contribution in [0.2, 0.25) is 0 Å². The lowest BCUT2D eigenvalue weighted by atomic mass is 10.2. The average molecular weight is 364 g/mol. The lowest BCUT2D eigenvalue weighted by molar-refractivity contribution is -0.142. The molecule has 0 unspecified atom stereocenters. The molecule has 5 nitrogen and oxygen atoms in total. The standard InChI is InChI=1S/C20H16N2O3S/c1-2-24-18(23)11-17-19(14-9-10-26-12-14)25-20(22-17)16-8-7-13-5-3-4-6-15(13)21-16/h3-10,12H,2,11H2,1H3. The van der Waals surface area contributed by atoms with Crippen LogP contribution < -0.4 is 0 Å². The van der Waals surface area contributed by atoms with Crippen molar-refractivity contribution in [3.63, 3.8) is 0 Å². The highest BCUT2D eigenvalue weighted by molar-refractivity contribution is 7.08. The van der Waals surface area contributed by atoms with Crippen LogP contribution in [0.3, 0.4) is 0 Å². The Kier molecular flexibility index (Phi) is 4.50. The maximum absolute atomic E-state index is 11.9. The van der Waals surface area contributed by atoms with Crippen LogP contribution >= 0.6 is 11.3 Å². The normalized spacial score (nSPS) is 11.0. The quantitative estimate of drug-likeness (QED) is 0.479. The predicted octanol–water partition coefficient (Wildman–Crippen LogP) is 4.72. The van der Waals surface area contributed by atoms with Gasteiger partial charge in [-0.05, 0) is 30.5 Å². The Bertz CT molecular complexity index is 1050. The van der Waals surface area contributed by atoms with E-state index in [4.69, 9.17) is 9.15 Å². The zero-order chi connectivity index (χ0) is 17.9. The monoisotopic (exact) mass is 364 g/mol. The highest BCUT2D eigenvalue weighted by Crippen LogP contribution is 2.31. The van der Waals surface area contributed by atoms with Crippen molar-refractivity contribution >= 4 is 28.2 Å². The number of esters is 1. The van der Waals surface area contributed by atoms with Crippen LogP contribution in [-0.2, 0) is 16.0 Å². The molecule has 0 fully saturated rings. The first kappa shape index (κ1) is 16.5. The van der Waals surface area contributed by atoms with Gasteiger partial charge >= 0.3 is 5.97 Å². The fourth-order valence-electron chi connectivity index (χ4n) is 2.73. The molecule has 1 aromatic carbocycles. The van der Waals surface area contributed by atoms with E-state index in [9.17, 15) is 4.79 Å². The first-order chi connectivity index (χ1) is 12.7. The molecule has 130 valence electrons. The van der Waals surface area contributed by atoms with Gasteiger partial charge in [0.15, 0.2) is 5.76 Å². The molecule has 0 N–H and O–H groups in total. The number of aromatic nitrogens is 2. The van der Waals surface area contributed by atoms with Crippen molar-refractivity contribution in [2.75, 3.05) is 6.61 Å². The molecule has 3 heterocycles. The van der Waals surface area contributed by atoms with E-state index in [1.54, 1.807) is 18.3 Å². The minimum absolute atomic E-state index is 0.0656. The smallest absolute Gasteiger partial charge is 0.312 e. The molecule has 0 aliphatic rings. The zero-order valence-electron chi connectivity index (χ0n) is 14.1. The summed E-state index contributed by atoms with van der Waals surface area (Å²) in [6, 6.07) is 13.7. The number of benzene rings is 1. The Labute approximate surface area is 154 Å². The molecule has 26 heavy (non-hydrogen) atoms. The average Bonchev–Trinajstić information content (AvgIpc) is 3.31. The van der Waals surface area contributed by atoms with Crippen LogP contribution in [0.1, 0.15) is 12.6 Å². The van der Waals surface area contributed by atoms with E-state index < -0.39 is 0 Å². The number of rotatable bonds is 5. The van der Waals surface area contributed by atoms with Gasteiger partial charge in [-0.15, -0.1) is 0 Å². The summed E-state index contributed by atoms with van der Waals surface area (Å²) in [7, 11) is 0. The van der Waals surface area contributed by atoms with Gasteiger partial charge < -0.3 is 9.15 Å². The number of para-hydroxylation sites is 1. The highest BCUT2D eigenvalue weighted by Gasteiger charge is 2.20. The van der Waals surface area contributed by atoms with E-state index in [-0.39, 0.29) is 12.4 Å². The lowest BCUT2D eigenvalue weighted by Crippen LogP contribution is -2.08. The van der Waals surface area contributed by atoms with Crippen molar-refractivity contribution < 1.29 is 13.9 Å². The highest BCUT2D eigenvalue weighted by atomic mass is 32.1. The van der Waals surface area contributed by atoms with E-state index in [2.05, 4.69) is 9.97 Å². The summed E-state index contributed by atoms with van der Waals surface area (Å²) in [6.45, 7) is 2.12. The predicted molar refractivity (Wildman–Crippen MR) is 101 cm³/mol. The van der Waals surface area contributed by atoms with Crippen molar-refractivity contribution in [1.29, 1.82) is 0 Å². The van der Waals surface area contributed by atoms with Gasteiger partial charge in [0, 0.05) is 16.3 Å². The van der Waals surface area contributed by atoms with Crippen LogP contribution in [0.25, 0.3) is 33.8 Å². The number of hydrogen-bond donors (Lipinski definition) is 0. The number of thiophene rings is 1. The van der Waals surface area contributed by atoms with E-state index in [0.717, 1.165) is 16.5 Å². The molecule has 6 heteroatoms. The van der Waals surface area contributed by atoms with Crippen LogP contribution in [0.5, 0.6) is 0 Å². The van der Waals surface area contributed by atoms with Gasteiger partial charge in [-0.2, -0.15) is 11.3 Å². The molecule has 0 amide bonds. The van der Waals surface area contributed by atoms with E-state index in [1.807, 2.05) is 53.2 Å². The van der Waals surface area contributed by atoms with Crippen molar-refractivity contribution in [2.45, 2.75) is 13.3 Å². The number of ether oxygens (including phenoxy) is 1. The van der Waals surface area contributed by atoms with Crippen LogP contribution in [0.4, 0.5) is 0 Å². The summed E-state index contributed by atoms with van der Waals surface area (Å²) in [4.78, 5) is 21.1. The zero-order valence-corrected chi connectivity index (χ0v) is 15.0. The lowest BCUT2D eigenvalue weighted by Gasteiger charge is -2.00. The first-order valence-electron chi connectivity index (χ1n) is 8.28. The maximum atomic E-state index is 11.9. The molecule has 0 aliphatic carbocycles. The topological polar surface area (TPSA) is 65.2 Å². The Morgan fingerprint density at radius 3 is 2.85 bits per heavy atom. The van der Waals surface area contributed by atoms with Gasteiger partial charge in [0.1, 0.15) is 5.69 Å². The second-order valence-corrected chi connectivity index (χ2v) is 6.46. The van der Waals surface area contributed by atoms with Gasteiger partial charge in [0.05, 0.1) is 24.2 Å². The molecule has 0 radical (unpaired) electrons. The summed E-state index contributed by atoms with van der Waals surface area (Å²) in [5, 5.41) is 4.97.